The highest BCUT2D eigenvalue weighted by molar-refractivity contribution is 5.78. The Morgan fingerprint density at radius 1 is 1.58 bits per heavy atom. The van der Waals surface area contributed by atoms with Crippen LogP contribution in [0.15, 0.2) is 6.07 Å². The molecule has 19 heavy (non-hydrogen) atoms. The Labute approximate surface area is 114 Å². The first kappa shape index (κ1) is 14.1. The van der Waals surface area contributed by atoms with E-state index in [1.54, 1.807) is 0 Å². The summed E-state index contributed by atoms with van der Waals surface area (Å²) in [5, 5.41) is 7.88. The highest BCUT2D eigenvalue weighted by atomic mass is 16.1. The van der Waals surface area contributed by atoms with Crippen LogP contribution < -0.4 is 11.1 Å². The van der Waals surface area contributed by atoms with Crippen molar-refractivity contribution < 1.29 is 4.79 Å². The summed E-state index contributed by atoms with van der Waals surface area (Å²) >= 11 is 0. The zero-order valence-corrected chi connectivity index (χ0v) is 12.2. The van der Waals surface area contributed by atoms with Gasteiger partial charge >= 0.3 is 0 Å². The van der Waals surface area contributed by atoms with E-state index in [2.05, 4.69) is 30.3 Å². The molecular weight excluding hydrogens is 240 g/mol. The standard InChI is InChI=1S/C14H24N4O/c1-8-5-9(2)16-12(13(8)14(15)19)7-11-6-10(3)17-18(11)4/h6,8-9,12-13,16H,5,7H2,1-4H3,(H2,15,19). The van der Waals surface area contributed by atoms with Crippen molar-refractivity contribution >= 4 is 5.91 Å². The van der Waals surface area contributed by atoms with Crippen molar-refractivity contribution in [1.29, 1.82) is 0 Å². The first-order valence-corrected chi connectivity index (χ1v) is 6.93. The molecule has 3 N–H and O–H groups in total. The molecule has 5 nitrogen and oxygen atoms in total. The van der Waals surface area contributed by atoms with Gasteiger partial charge in [-0.2, -0.15) is 5.10 Å². The normalized spacial score (nSPS) is 31.4. The van der Waals surface area contributed by atoms with Crippen molar-refractivity contribution in [1.82, 2.24) is 15.1 Å². The summed E-state index contributed by atoms with van der Waals surface area (Å²) in [6, 6.07) is 2.60. The average Bonchev–Trinajstić information content (AvgIpc) is 2.55. The van der Waals surface area contributed by atoms with Crippen LogP contribution in [0.4, 0.5) is 0 Å². The number of hydrogen-bond acceptors (Lipinski definition) is 3. The summed E-state index contributed by atoms with van der Waals surface area (Å²) in [7, 11) is 1.94. The van der Waals surface area contributed by atoms with E-state index < -0.39 is 0 Å². The van der Waals surface area contributed by atoms with Gasteiger partial charge in [0, 0.05) is 31.2 Å². The van der Waals surface area contributed by atoms with Gasteiger partial charge in [0.1, 0.15) is 0 Å². The third kappa shape index (κ3) is 2.97. The molecule has 2 heterocycles. The fourth-order valence-electron chi connectivity index (χ4n) is 3.38. The van der Waals surface area contributed by atoms with Crippen LogP contribution in [0, 0.1) is 18.8 Å². The Morgan fingerprint density at radius 3 is 2.79 bits per heavy atom. The summed E-state index contributed by atoms with van der Waals surface area (Å²) < 4.78 is 1.89. The van der Waals surface area contributed by atoms with Crippen LogP contribution in [-0.4, -0.2) is 27.8 Å². The van der Waals surface area contributed by atoms with Crippen LogP contribution in [-0.2, 0) is 18.3 Å². The molecular formula is C14H24N4O. The Balaban J connectivity index is 2.19. The number of nitrogens with one attached hydrogen (secondary N) is 1. The molecule has 0 radical (unpaired) electrons. The van der Waals surface area contributed by atoms with Crippen molar-refractivity contribution in [2.75, 3.05) is 0 Å². The van der Waals surface area contributed by atoms with E-state index >= 15 is 0 Å². The maximum atomic E-state index is 11.7. The Hall–Kier alpha value is -1.36. The second-order valence-corrected chi connectivity index (χ2v) is 5.92. The number of rotatable bonds is 3. The molecule has 1 saturated heterocycles. The molecule has 2 rings (SSSR count). The third-order valence-corrected chi connectivity index (χ3v) is 4.13. The number of piperidine rings is 1. The topological polar surface area (TPSA) is 72.9 Å². The van der Waals surface area contributed by atoms with E-state index in [1.807, 2.05) is 18.7 Å². The number of carbonyl (C=O) groups excluding carboxylic acids is 1. The van der Waals surface area contributed by atoms with E-state index in [0.717, 1.165) is 24.2 Å². The number of nitrogens with zero attached hydrogens (tertiary/aromatic N) is 2. The van der Waals surface area contributed by atoms with Gasteiger partial charge in [-0.15, -0.1) is 0 Å². The highest BCUT2D eigenvalue weighted by Crippen LogP contribution is 2.28. The van der Waals surface area contributed by atoms with Crippen LogP contribution >= 0.6 is 0 Å². The number of carbonyl (C=O) groups is 1. The molecule has 106 valence electrons. The molecule has 1 aromatic heterocycles. The average molecular weight is 264 g/mol. The summed E-state index contributed by atoms with van der Waals surface area (Å²) in [5.74, 6) is 0.0234. The second-order valence-electron chi connectivity index (χ2n) is 5.92. The summed E-state index contributed by atoms with van der Waals surface area (Å²) in [6.45, 7) is 6.26. The molecule has 1 aliphatic rings. The predicted octanol–water partition coefficient (Wildman–Crippen LogP) is 0.759. The minimum absolute atomic E-state index is 0.103. The summed E-state index contributed by atoms with van der Waals surface area (Å²) in [6.07, 6.45) is 1.79. The SMILES string of the molecule is Cc1cc(CC2NC(C)CC(C)C2C(N)=O)n(C)n1. The Morgan fingerprint density at radius 2 is 2.26 bits per heavy atom. The maximum absolute atomic E-state index is 11.7. The van der Waals surface area contributed by atoms with Crippen molar-refractivity contribution in [2.24, 2.45) is 24.6 Å². The maximum Gasteiger partial charge on any atom is 0.222 e. The van der Waals surface area contributed by atoms with Gasteiger partial charge in [0.05, 0.1) is 11.6 Å². The fourth-order valence-corrected chi connectivity index (χ4v) is 3.38. The highest BCUT2D eigenvalue weighted by Gasteiger charge is 2.37. The lowest BCUT2D eigenvalue weighted by Crippen LogP contribution is -2.55. The predicted molar refractivity (Wildman–Crippen MR) is 74.5 cm³/mol. The van der Waals surface area contributed by atoms with Crippen LogP contribution in [0.2, 0.25) is 0 Å². The lowest BCUT2D eigenvalue weighted by molar-refractivity contribution is -0.125. The molecule has 1 fully saturated rings. The number of nitrogens with two attached hydrogens (primary N) is 1. The lowest BCUT2D eigenvalue weighted by Gasteiger charge is -2.39. The van der Waals surface area contributed by atoms with E-state index in [4.69, 9.17) is 5.73 Å². The third-order valence-electron chi connectivity index (χ3n) is 4.13. The monoisotopic (exact) mass is 264 g/mol. The fraction of sp³-hybridized carbons (Fsp3) is 0.714. The molecule has 1 aliphatic heterocycles. The summed E-state index contributed by atoms with van der Waals surface area (Å²) in [5.41, 5.74) is 7.73. The van der Waals surface area contributed by atoms with Gasteiger partial charge in [0.2, 0.25) is 5.91 Å². The Bertz CT molecular complexity index is 468. The van der Waals surface area contributed by atoms with Crippen molar-refractivity contribution in [3.05, 3.63) is 17.5 Å². The lowest BCUT2D eigenvalue weighted by atomic mass is 9.77. The smallest absolute Gasteiger partial charge is 0.222 e. The van der Waals surface area contributed by atoms with Gasteiger partial charge in [-0.1, -0.05) is 6.92 Å². The molecule has 0 spiro atoms. The number of hydrogen-bond donors (Lipinski definition) is 2. The molecule has 5 heteroatoms. The second kappa shape index (κ2) is 5.33. The number of amides is 1. The minimum atomic E-state index is -0.198. The van der Waals surface area contributed by atoms with Crippen LogP contribution in [0.1, 0.15) is 31.7 Å². The van der Waals surface area contributed by atoms with Gasteiger partial charge in [0.15, 0.2) is 0 Å². The number of aryl methyl sites for hydroxylation is 2. The van der Waals surface area contributed by atoms with Crippen molar-refractivity contribution in [3.63, 3.8) is 0 Å². The van der Waals surface area contributed by atoms with Gasteiger partial charge in [-0.25, -0.2) is 0 Å². The zero-order chi connectivity index (χ0) is 14.2. The zero-order valence-electron chi connectivity index (χ0n) is 12.2. The minimum Gasteiger partial charge on any atom is -0.369 e. The van der Waals surface area contributed by atoms with E-state index in [1.165, 1.54) is 0 Å². The molecule has 1 aromatic rings. The molecule has 4 unspecified atom stereocenters. The molecule has 0 saturated carbocycles. The number of primary amides is 1. The van der Waals surface area contributed by atoms with E-state index in [0.29, 0.717) is 12.0 Å². The quantitative estimate of drug-likeness (QED) is 0.846. The van der Waals surface area contributed by atoms with Gasteiger partial charge < -0.3 is 11.1 Å². The molecule has 0 bridgehead atoms. The van der Waals surface area contributed by atoms with Crippen molar-refractivity contribution in [2.45, 2.75) is 45.7 Å². The first-order valence-electron chi connectivity index (χ1n) is 6.93. The molecule has 0 aromatic carbocycles. The van der Waals surface area contributed by atoms with Gasteiger partial charge in [-0.3, -0.25) is 9.48 Å². The molecule has 4 atom stereocenters. The van der Waals surface area contributed by atoms with Gasteiger partial charge in [0.25, 0.3) is 0 Å². The van der Waals surface area contributed by atoms with Crippen LogP contribution in [0.5, 0.6) is 0 Å². The molecule has 0 aliphatic carbocycles. The summed E-state index contributed by atoms with van der Waals surface area (Å²) in [4.78, 5) is 11.7. The first-order chi connectivity index (χ1) is 8.88. The Kier molecular flexibility index (Phi) is 3.94. The van der Waals surface area contributed by atoms with Crippen LogP contribution in [0.3, 0.4) is 0 Å². The van der Waals surface area contributed by atoms with Gasteiger partial charge in [-0.05, 0) is 32.3 Å². The molecule has 1 amide bonds. The largest absolute Gasteiger partial charge is 0.369 e. The van der Waals surface area contributed by atoms with E-state index in [-0.39, 0.29) is 17.9 Å². The van der Waals surface area contributed by atoms with Crippen LogP contribution in [0.25, 0.3) is 0 Å². The van der Waals surface area contributed by atoms with Crippen molar-refractivity contribution in [3.8, 4) is 0 Å². The van der Waals surface area contributed by atoms with E-state index in [9.17, 15) is 4.79 Å². The number of aromatic nitrogens is 2.